The minimum atomic E-state index is -1.50. The van der Waals surface area contributed by atoms with Crippen LogP contribution in [0.5, 0.6) is 5.75 Å². The summed E-state index contributed by atoms with van der Waals surface area (Å²) in [5.41, 5.74) is 3.84. The molecular formula is C31H39ClN2O4S. The third-order valence-corrected chi connectivity index (χ3v) is 9.87. The first-order valence-corrected chi connectivity index (χ1v) is 15.9. The molecule has 2 N–H and O–H groups in total. The molecule has 0 spiro atoms. The van der Waals surface area contributed by atoms with Gasteiger partial charge in [0, 0.05) is 35.5 Å². The average Bonchev–Trinajstić information content (AvgIpc) is 3.05. The molecule has 2 aliphatic heterocycles. The van der Waals surface area contributed by atoms with Crippen molar-refractivity contribution in [3.05, 3.63) is 70.3 Å². The molecule has 1 fully saturated rings. The molecule has 39 heavy (non-hydrogen) atoms. The summed E-state index contributed by atoms with van der Waals surface area (Å²) in [6, 6.07) is 11.6. The summed E-state index contributed by atoms with van der Waals surface area (Å²) in [4.78, 5) is 15.4. The summed E-state index contributed by atoms with van der Waals surface area (Å²) in [7, 11) is 0. The molecule has 2 bridgehead atoms. The van der Waals surface area contributed by atoms with Gasteiger partial charge in [-0.05, 0) is 79.0 Å². The number of amides is 1. The molecule has 1 aliphatic carbocycles. The smallest absolute Gasteiger partial charge is 0.292 e. The van der Waals surface area contributed by atoms with Gasteiger partial charge in [0.1, 0.15) is 11.5 Å². The number of fused-ring (bicyclic) bond motifs is 2. The van der Waals surface area contributed by atoms with Crippen molar-refractivity contribution in [1.82, 2.24) is 4.72 Å². The number of hydrogen-bond acceptors (Lipinski definition) is 5. The zero-order chi connectivity index (χ0) is 27.5. The largest absolute Gasteiger partial charge is 0.593 e. The molecule has 8 heteroatoms. The molecule has 210 valence electrons. The van der Waals surface area contributed by atoms with Gasteiger partial charge in [0.05, 0.1) is 29.8 Å². The highest BCUT2D eigenvalue weighted by atomic mass is 35.5. The lowest BCUT2D eigenvalue weighted by Crippen LogP contribution is -2.44. The molecule has 6 unspecified atom stereocenters. The van der Waals surface area contributed by atoms with Crippen molar-refractivity contribution >= 4 is 34.6 Å². The summed E-state index contributed by atoms with van der Waals surface area (Å²) in [5, 5.41) is 11.8. The second-order valence-corrected chi connectivity index (χ2v) is 13.0. The Bertz CT molecular complexity index is 1210. The number of anilines is 1. The number of rotatable bonds is 3. The van der Waals surface area contributed by atoms with Crippen LogP contribution in [0.4, 0.5) is 5.69 Å². The molecule has 5 rings (SSSR count). The summed E-state index contributed by atoms with van der Waals surface area (Å²) < 4.78 is 21.7. The Hall–Kier alpha value is -2.19. The number of aryl methyl sites for hydroxylation is 1. The lowest BCUT2D eigenvalue weighted by molar-refractivity contribution is 0.0180. The maximum absolute atomic E-state index is 13.1. The van der Waals surface area contributed by atoms with E-state index in [0.717, 1.165) is 55.2 Å². The highest BCUT2D eigenvalue weighted by Crippen LogP contribution is 2.43. The third-order valence-electron chi connectivity index (χ3n) is 8.40. The lowest BCUT2D eigenvalue weighted by atomic mass is 9.69. The van der Waals surface area contributed by atoms with E-state index in [4.69, 9.17) is 16.3 Å². The number of halogens is 1. The van der Waals surface area contributed by atoms with Gasteiger partial charge in [0.2, 0.25) is 0 Å². The molecule has 6 atom stereocenters. The van der Waals surface area contributed by atoms with Gasteiger partial charge in [-0.1, -0.05) is 50.1 Å². The van der Waals surface area contributed by atoms with Crippen molar-refractivity contribution in [1.29, 1.82) is 0 Å². The van der Waals surface area contributed by atoms with Crippen LogP contribution in [0.15, 0.2) is 48.6 Å². The topological polar surface area (TPSA) is 84.9 Å². The van der Waals surface area contributed by atoms with E-state index in [1.165, 1.54) is 11.1 Å². The predicted octanol–water partition coefficient (Wildman–Crippen LogP) is 5.65. The molecule has 2 heterocycles. The van der Waals surface area contributed by atoms with Crippen molar-refractivity contribution in [2.24, 2.45) is 17.8 Å². The monoisotopic (exact) mass is 570 g/mol. The van der Waals surface area contributed by atoms with Crippen LogP contribution in [-0.4, -0.2) is 47.1 Å². The molecular weight excluding hydrogens is 532 g/mol. The Kier molecular flexibility index (Phi) is 9.12. The standard InChI is InChI=1S/C31H39ClN2O4S/c1-3-5-21-14-25(32)10-12-26(21)24-17-34-16-23-8-11-27(23)29(35)7-4-6-20(2)19-39(37)33-31(36)22-9-13-30(38-18-24)28(34)15-22/h4,6,9-10,12-15,20,23-24,27,29,35H,3,5,7-8,11,16-19H2,1-2H3,(H,33,36)/b6-4-. The Labute approximate surface area is 240 Å². The van der Waals surface area contributed by atoms with E-state index in [1.54, 1.807) is 6.07 Å². The highest BCUT2D eigenvalue weighted by molar-refractivity contribution is 7.90. The number of hydrogen-bond donors (Lipinski definition) is 2. The van der Waals surface area contributed by atoms with E-state index in [9.17, 15) is 14.5 Å². The minimum Gasteiger partial charge on any atom is -0.593 e. The van der Waals surface area contributed by atoms with Gasteiger partial charge in [-0.3, -0.25) is 4.79 Å². The quantitative estimate of drug-likeness (QED) is 0.368. The first-order valence-electron chi connectivity index (χ1n) is 14.2. The van der Waals surface area contributed by atoms with Crippen LogP contribution in [0.1, 0.15) is 66.9 Å². The predicted molar refractivity (Wildman–Crippen MR) is 158 cm³/mol. The molecule has 0 saturated heterocycles. The maximum atomic E-state index is 13.1. The molecule has 3 aliphatic rings. The Morgan fingerprint density at radius 1 is 1.21 bits per heavy atom. The summed E-state index contributed by atoms with van der Waals surface area (Å²) in [6.07, 6.45) is 8.24. The second-order valence-electron chi connectivity index (χ2n) is 11.3. The summed E-state index contributed by atoms with van der Waals surface area (Å²) >= 11 is 4.86. The first kappa shape index (κ1) is 28.3. The maximum Gasteiger partial charge on any atom is 0.292 e. The zero-order valence-electron chi connectivity index (χ0n) is 22.8. The van der Waals surface area contributed by atoms with Crippen molar-refractivity contribution in [2.45, 2.75) is 58.0 Å². The Morgan fingerprint density at radius 3 is 2.82 bits per heavy atom. The van der Waals surface area contributed by atoms with Crippen LogP contribution in [0.25, 0.3) is 0 Å². The lowest BCUT2D eigenvalue weighted by Gasteiger charge is -2.43. The molecule has 1 amide bonds. The number of carbonyl (C=O) groups is 1. The van der Waals surface area contributed by atoms with Gasteiger partial charge in [-0.15, -0.1) is 0 Å². The fourth-order valence-electron chi connectivity index (χ4n) is 6.19. The molecule has 2 aromatic rings. The number of aliphatic hydroxyl groups excluding tert-OH is 1. The van der Waals surface area contributed by atoms with E-state index in [-0.39, 0.29) is 23.7 Å². The van der Waals surface area contributed by atoms with Crippen LogP contribution < -0.4 is 14.4 Å². The first-order chi connectivity index (χ1) is 18.8. The van der Waals surface area contributed by atoms with Crippen LogP contribution in [-0.2, 0) is 17.8 Å². The zero-order valence-corrected chi connectivity index (χ0v) is 24.3. The van der Waals surface area contributed by atoms with Gasteiger partial charge in [-0.25, -0.2) is 0 Å². The van der Waals surface area contributed by atoms with Crippen LogP contribution in [0.3, 0.4) is 0 Å². The number of aliphatic hydroxyl groups is 1. The van der Waals surface area contributed by atoms with E-state index in [2.05, 4.69) is 28.7 Å². The average molecular weight is 571 g/mol. The SMILES string of the molecule is CCCc1cc(Cl)ccc1C1COc2ccc3cc2N(C1)CC1CCC1C(O)C/C=C\C(C)C[S+]([O-])NC3=O. The van der Waals surface area contributed by atoms with E-state index >= 15 is 0 Å². The third kappa shape index (κ3) is 6.59. The fourth-order valence-corrected chi connectivity index (χ4v) is 7.38. The number of nitrogens with one attached hydrogen (secondary N) is 1. The number of nitrogens with zero attached hydrogens (tertiary/aromatic N) is 1. The fraction of sp³-hybridized carbons (Fsp3) is 0.516. The van der Waals surface area contributed by atoms with Crippen LogP contribution >= 0.6 is 11.6 Å². The van der Waals surface area contributed by atoms with Crippen molar-refractivity contribution in [2.75, 3.05) is 30.3 Å². The Morgan fingerprint density at radius 2 is 2.05 bits per heavy atom. The molecule has 1 saturated carbocycles. The number of carbonyl (C=O) groups excluding carboxylic acids is 1. The van der Waals surface area contributed by atoms with Gasteiger partial charge in [-0.2, -0.15) is 4.72 Å². The van der Waals surface area contributed by atoms with Gasteiger partial charge < -0.3 is 19.3 Å². The summed E-state index contributed by atoms with van der Waals surface area (Å²) in [5.74, 6) is 1.47. The van der Waals surface area contributed by atoms with E-state index in [1.807, 2.05) is 37.3 Å². The normalized spacial score (nSPS) is 30.3. The van der Waals surface area contributed by atoms with Crippen molar-refractivity contribution in [3.8, 4) is 5.75 Å². The molecule has 6 nitrogen and oxygen atoms in total. The number of ether oxygens (including phenoxy) is 1. The summed E-state index contributed by atoms with van der Waals surface area (Å²) in [6.45, 7) is 6.19. The van der Waals surface area contributed by atoms with Crippen molar-refractivity contribution < 1.29 is 19.2 Å². The van der Waals surface area contributed by atoms with Gasteiger partial charge in [0.15, 0.2) is 0 Å². The number of benzene rings is 2. The van der Waals surface area contributed by atoms with Crippen LogP contribution in [0.2, 0.25) is 5.02 Å². The minimum absolute atomic E-state index is 0.0294. The van der Waals surface area contributed by atoms with Crippen LogP contribution in [0, 0.1) is 17.8 Å². The van der Waals surface area contributed by atoms with E-state index < -0.39 is 17.5 Å². The van der Waals surface area contributed by atoms with Gasteiger partial charge in [0.25, 0.3) is 5.91 Å². The molecule has 0 radical (unpaired) electrons. The Balaban J connectivity index is 1.50. The van der Waals surface area contributed by atoms with Crippen molar-refractivity contribution in [3.63, 3.8) is 0 Å². The highest BCUT2D eigenvalue weighted by Gasteiger charge is 2.38. The molecule has 0 aromatic heterocycles. The van der Waals surface area contributed by atoms with E-state index in [0.29, 0.717) is 30.3 Å². The molecule has 2 aromatic carbocycles. The number of allylic oxidation sites excluding steroid dienone is 1. The second kappa shape index (κ2) is 12.5. The van der Waals surface area contributed by atoms with Gasteiger partial charge >= 0.3 is 0 Å².